The van der Waals surface area contributed by atoms with E-state index in [-0.39, 0.29) is 0 Å². The number of nitrogens with zero attached hydrogens (tertiary/aromatic N) is 1. The summed E-state index contributed by atoms with van der Waals surface area (Å²) >= 11 is 0. The first-order valence-electron chi connectivity index (χ1n) is 19.2. The van der Waals surface area contributed by atoms with Gasteiger partial charge >= 0.3 is 0 Å². The van der Waals surface area contributed by atoms with Gasteiger partial charge in [0.15, 0.2) is 0 Å². The van der Waals surface area contributed by atoms with Crippen LogP contribution in [0, 0.1) is 0 Å². The van der Waals surface area contributed by atoms with Gasteiger partial charge in [0.25, 0.3) is 0 Å². The Kier molecular flexibility index (Phi) is 7.53. The number of rotatable bonds is 6. The Balaban J connectivity index is 1.16. The highest BCUT2D eigenvalue weighted by molar-refractivity contribution is 6.26. The van der Waals surface area contributed by atoms with E-state index < -0.39 is 0 Å². The summed E-state index contributed by atoms with van der Waals surface area (Å²) < 4.78 is 6.16. The SMILES string of the molecule is c1ccc(-c2cccc(-c3ccccc3)c2N(c2ccc(-c3ccc4oc5ccccc5c4c3)cc2)c2ccc3c4ccccc4c4ccccc4c3c2)cc1. The second-order valence-corrected chi connectivity index (χ2v) is 14.4. The summed E-state index contributed by atoms with van der Waals surface area (Å²) in [5, 5.41) is 9.80. The van der Waals surface area contributed by atoms with Crippen LogP contribution < -0.4 is 4.90 Å². The quantitative estimate of drug-likeness (QED) is 0.160. The van der Waals surface area contributed by atoms with Crippen molar-refractivity contribution >= 4 is 71.3 Å². The molecule has 1 heterocycles. The molecule has 0 saturated heterocycles. The van der Waals surface area contributed by atoms with Crippen molar-refractivity contribution in [3.63, 3.8) is 0 Å². The first-order valence-corrected chi connectivity index (χ1v) is 19.2. The van der Waals surface area contributed by atoms with Gasteiger partial charge in [0.2, 0.25) is 0 Å². The largest absolute Gasteiger partial charge is 0.456 e. The molecule has 0 saturated carbocycles. The van der Waals surface area contributed by atoms with Crippen LogP contribution in [0.1, 0.15) is 0 Å². The molecule has 262 valence electrons. The molecular formula is C54H35NO. The molecule has 0 atom stereocenters. The molecule has 11 rings (SSSR count). The zero-order chi connectivity index (χ0) is 37.0. The predicted molar refractivity (Wildman–Crippen MR) is 237 cm³/mol. The summed E-state index contributed by atoms with van der Waals surface area (Å²) in [6.45, 7) is 0. The highest BCUT2D eigenvalue weighted by Crippen LogP contribution is 2.48. The Hall–Kier alpha value is -7.42. The van der Waals surface area contributed by atoms with Crippen LogP contribution in [-0.4, -0.2) is 0 Å². The molecule has 0 aliphatic carbocycles. The molecule has 0 aliphatic heterocycles. The van der Waals surface area contributed by atoms with Crippen molar-refractivity contribution in [2.75, 3.05) is 4.90 Å². The van der Waals surface area contributed by atoms with Crippen molar-refractivity contribution in [3.8, 4) is 33.4 Å². The number of fused-ring (bicyclic) bond motifs is 9. The number of anilines is 3. The summed E-state index contributed by atoms with van der Waals surface area (Å²) in [7, 11) is 0. The molecule has 0 unspecified atom stereocenters. The van der Waals surface area contributed by atoms with Crippen LogP contribution in [0.15, 0.2) is 217 Å². The number of benzene rings is 10. The van der Waals surface area contributed by atoms with Crippen molar-refractivity contribution in [1.82, 2.24) is 0 Å². The van der Waals surface area contributed by atoms with Crippen LogP contribution in [0.4, 0.5) is 17.1 Å². The normalized spacial score (nSPS) is 11.6. The summed E-state index contributed by atoms with van der Waals surface area (Å²) in [6, 6.07) is 76.7. The summed E-state index contributed by atoms with van der Waals surface area (Å²) in [4.78, 5) is 2.46. The molecule has 2 nitrogen and oxygen atoms in total. The zero-order valence-corrected chi connectivity index (χ0v) is 30.6. The number of para-hydroxylation sites is 2. The third-order valence-electron chi connectivity index (χ3n) is 11.3. The van der Waals surface area contributed by atoms with Gasteiger partial charge in [-0.15, -0.1) is 0 Å². The molecular weight excluding hydrogens is 679 g/mol. The van der Waals surface area contributed by atoms with Crippen molar-refractivity contribution in [2.24, 2.45) is 0 Å². The first-order chi connectivity index (χ1) is 27.8. The van der Waals surface area contributed by atoms with Gasteiger partial charge in [0.1, 0.15) is 11.2 Å². The van der Waals surface area contributed by atoms with Crippen LogP contribution in [0.25, 0.3) is 87.6 Å². The highest BCUT2D eigenvalue weighted by atomic mass is 16.3. The monoisotopic (exact) mass is 713 g/mol. The average molecular weight is 714 g/mol. The lowest BCUT2D eigenvalue weighted by atomic mass is 9.92. The number of hydrogen-bond acceptors (Lipinski definition) is 2. The van der Waals surface area contributed by atoms with Gasteiger partial charge in [-0.25, -0.2) is 0 Å². The van der Waals surface area contributed by atoms with E-state index in [9.17, 15) is 0 Å². The topological polar surface area (TPSA) is 16.4 Å². The van der Waals surface area contributed by atoms with Crippen LogP contribution in [0.3, 0.4) is 0 Å². The Bertz CT molecular complexity index is 3140. The van der Waals surface area contributed by atoms with Crippen molar-refractivity contribution in [2.45, 2.75) is 0 Å². The van der Waals surface area contributed by atoms with E-state index in [0.29, 0.717) is 0 Å². The maximum Gasteiger partial charge on any atom is 0.135 e. The van der Waals surface area contributed by atoms with Crippen LogP contribution in [0.2, 0.25) is 0 Å². The first kappa shape index (κ1) is 32.0. The van der Waals surface area contributed by atoms with Gasteiger partial charge < -0.3 is 9.32 Å². The molecule has 56 heavy (non-hydrogen) atoms. The van der Waals surface area contributed by atoms with Gasteiger partial charge in [-0.3, -0.25) is 0 Å². The Morgan fingerprint density at radius 3 is 1.38 bits per heavy atom. The minimum Gasteiger partial charge on any atom is -0.456 e. The molecule has 2 heteroatoms. The van der Waals surface area contributed by atoms with Gasteiger partial charge in [0.05, 0.1) is 5.69 Å². The number of furan rings is 1. The molecule has 0 fully saturated rings. The summed E-state index contributed by atoms with van der Waals surface area (Å²) in [6.07, 6.45) is 0. The van der Waals surface area contributed by atoms with Crippen molar-refractivity contribution in [1.29, 1.82) is 0 Å². The second-order valence-electron chi connectivity index (χ2n) is 14.4. The molecule has 0 amide bonds. The fraction of sp³-hybridized carbons (Fsp3) is 0. The van der Waals surface area contributed by atoms with E-state index in [2.05, 4.69) is 205 Å². The minimum atomic E-state index is 0.903. The number of hydrogen-bond donors (Lipinski definition) is 0. The Morgan fingerprint density at radius 2 is 0.750 bits per heavy atom. The lowest BCUT2D eigenvalue weighted by Gasteiger charge is -2.31. The maximum absolute atomic E-state index is 6.16. The summed E-state index contributed by atoms with van der Waals surface area (Å²) in [5.74, 6) is 0. The van der Waals surface area contributed by atoms with Crippen LogP contribution >= 0.6 is 0 Å². The predicted octanol–water partition coefficient (Wildman–Crippen LogP) is 15.5. The smallest absolute Gasteiger partial charge is 0.135 e. The molecule has 1 aromatic heterocycles. The van der Waals surface area contributed by atoms with Crippen LogP contribution in [-0.2, 0) is 0 Å². The van der Waals surface area contributed by atoms with E-state index in [1.165, 1.54) is 43.4 Å². The van der Waals surface area contributed by atoms with Gasteiger partial charge in [-0.2, -0.15) is 0 Å². The summed E-state index contributed by atoms with van der Waals surface area (Å²) in [5.41, 5.74) is 12.1. The molecule has 0 aliphatic rings. The minimum absolute atomic E-state index is 0.903. The zero-order valence-electron chi connectivity index (χ0n) is 30.6. The maximum atomic E-state index is 6.16. The molecule has 10 aromatic carbocycles. The van der Waals surface area contributed by atoms with Gasteiger partial charge in [0, 0.05) is 33.3 Å². The van der Waals surface area contributed by atoms with Gasteiger partial charge in [-0.1, -0.05) is 170 Å². The van der Waals surface area contributed by atoms with E-state index in [1.807, 2.05) is 12.1 Å². The second kappa shape index (κ2) is 13.2. The Labute approximate surface area is 325 Å². The van der Waals surface area contributed by atoms with Crippen molar-refractivity contribution in [3.05, 3.63) is 212 Å². The third-order valence-corrected chi connectivity index (χ3v) is 11.3. The third kappa shape index (κ3) is 5.26. The van der Waals surface area contributed by atoms with E-state index in [0.717, 1.165) is 61.3 Å². The molecule has 11 aromatic rings. The van der Waals surface area contributed by atoms with Crippen LogP contribution in [0.5, 0.6) is 0 Å². The van der Waals surface area contributed by atoms with Gasteiger partial charge in [-0.05, 0) is 97.0 Å². The lowest BCUT2D eigenvalue weighted by Crippen LogP contribution is -2.13. The molecule has 0 spiro atoms. The Morgan fingerprint density at radius 1 is 0.268 bits per heavy atom. The molecule has 0 N–H and O–H groups in total. The molecule has 0 bridgehead atoms. The fourth-order valence-electron chi connectivity index (χ4n) is 8.64. The highest BCUT2D eigenvalue weighted by Gasteiger charge is 2.23. The van der Waals surface area contributed by atoms with E-state index in [1.54, 1.807) is 0 Å². The average Bonchev–Trinajstić information content (AvgIpc) is 3.65. The standard InChI is InChI=1S/C54H35NO/c1-3-14-37(15-4-1)42-23-13-24-43(38-16-5-2-6-17-38)54(42)55(41-31-32-48-46-20-8-7-18-44(46)45-19-9-10-21-47(45)50(48)35-41)40-29-26-36(27-30-40)39-28-33-53-51(34-39)49-22-11-12-25-52(49)56-53/h1-35H. The lowest BCUT2D eigenvalue weighted by molar-refractivity contribution is 0.669. The van der Waals surface area contributed by atoms with E-state index >= 15 is 0 Å². The molecule has 0 radical (unpaired) electrons. The van der Waals surface area contributed by atoms with Crippen molar-refractivity contribution < 1.29 is 4.42 Å². The van der Waals surface area contributed by atoms with E-state index in [4.69, 9.17) is 4.42 Å². The fourth-order valence-corrected chi connectivity index (χ4v) is 8.64.